The van der Waals surface area contributed by atoms with Gasteiger partial charge in [0.05, 0.1) is 19.2 Å². The minimum Gasteiger partial charge on any atom is -0.497 e. The number of aromatic carboxylic acids is 1. The summed E-state index contributed by atoms with van der Waals surface area (Å²) in [5.41, 5.74) is 0.670. The fourth-order valence-corrected chi connectivity index (χ4v) is 3.05. The Balaban J connectivity index is 1.93. The van der Waals surface area contributed by atoms with Crippen LogP contribution in [0.5, 0.6) is 5.75 Å². The van der Waals surface area contributed by atoms with Crippen molar-refractivity contribution in [3.8, 4) is 5.75 Å². The molecule has 148 valence electrons. The lowest BCUT2D eigenvalue weighted by Crippen LogP contribution is -2.51. The van der Waals surface area contributed by atoms with Crippen LogP contribution >= 0.6 is 0 Å². The predicted molar refractivity (Wildman–Crippen MR) is 102 cm³/mol. The van der Waals surface area contributed by atoms with Gasteiger partial charge < -0.3 is 20.1 Å². The molecule has 2 aromatic rings. The summed E-state index contributed by atoms with van der Waals surface area (Å²) >= 11 is 0. The first-order chi connectivity index (χ1) is 13.5. The van der Waals surface area contributed by atoms with Gasteiger partial charge in [0, 0.05) is 43.5 Å². The van der Waals surface area contributed by atoms with E-state index < -0.39 is 11.8 Å². The van der Waals surface area contributed by atoms with Gasteiger partial charge in [-0.05, 0) is 24.3 Å². The van der Waals surface area contributed by atoms with E-state index in [0.717, 1.165) is 6.07 Å². The number of carbonyl (C=O) groups excluding carboxylic acids is 1. The molecule has 7 nitrogen and oxygen atoms in total. The summed E-state index contributed by atoms with van der Waals surface area (Å²) in [5.74, 6) is -1.29. The van der Waals surface area contributed by atoms with Crippen molar-refractivity contribution >= 4 is 17.7 Å². The number of carboxylic acids is 1. The van der Waals surface area contributed by atoms with Crippen LogP contribution in [0.4, 0.5) is 14.9 Å². The first kappa shape index (κ1) is 19.6. The Labute approximate surface area is 162 Å². The number of amides is 2. The van der Waals surface area contributed by atoms with Gasteiger partial charge in [-0.2, -0.15) is 0 Å². The van der Waals surface area contributed by atoms with Crippen molar-refractivity contribution < 1.29 is 23.8 Å². The van der Waals surface area contributed by atoms with Crippen LogP contribution in [0.1, 0.15) is 15.9 Å². The van der Waals surface area contributed by atoms with Crippen LogP contribution in [0.2, 0.25) is 0 Å². The molecule has 0 bridgehead atoms. The number of methoxy groups -OCH3 is 1. The summed E-state index contributed by atoms with van der Waals surface area (Å²) < 4.78 is 19.7. The second kappa shape index (κ2) is 8.71. The van der Waals surface area contributed by atoms with Crippen molar-refractivity contribution in [1.29, 1.82) is 0 Å². The monoisotopic (exact) mass is 387 g/mol. The lowest BCUT2D eigenvalue weighted by Gasteiger charge is -2.33. The van der Waals surface area contributed by atoms with Gasteiger partial charge in [0.25, 0.3) is 0 Å². The third kappa shape index (κ3) is 4.40. The number of piperazine rings is 1. The lowest BCUT2D eigenvalue weighted by molar-refractivity contribution is 0.0696. The van der Waals surface area contributed by atoms with Crippen molar-refractivity contribution in [3.63, 3.8) is 0 Å². The van der Waals surface area contributed by atoms with E-state index >= 15 is 0 Å². The molecule has 28 heavy (non-hydrogen) atoms. The summed E-state index contributed by atoms with van der Waals surface area (Å²) in [6.07, 6.45) is 0. The summed E-state index contributed by atoms with van der Waals surface area (Å²) in [6, 6.07) is 10.5. The van der Waals surface area contributed by atoms with Crippen molar-refractivity contribution in [2.75, 3.05) is 38.2 Å². The van der Waals surface area contributed by atoms with Crippen molar-refractivity contribution in [1.82, 2.24) is 10.2 Å². The molecule has 1 aliphatic rings. The lowest BCUT2D eigenvalue weighted by atomic mass is 10.1. The number of nitrogens with zero attached hydrogens (tertiary/aromatic N) is 2. The number of ether oxygens (including phenoxy) is 1. The van der Waals surface area contributed by atoms with Crippen LogP contribution < -0.4 is 15.0 Å². The third-order valence-electron chi connectivity index (χ3n) is 4.61. The summed E-state index contributed by atoms with van der Waals surface area (Å²) in [7, 11) is 1.53. The Bertz CT molecular complexity index is 868. The maximum atomic E-state index is 14.5. The van der Waals surface area contributed by atoms with E-state index in [1.807, 2.05) is 0 Å². The van der Waals surface area contributed by atoms with E-state index in [1.165, 1.54) is 24.1 Å². The van der Waals surface area contributed by atoms with E-state index in [9.17, 15) is 14.0 Å². The average Bonchev–Trinajstić information content (AvgIpc) is 2.73. The molecule has 0 unspecified atom stereocenters. The van der Waals surface area contributed by atoms with Crippen LogP contribution in [0.3, 0.4) is 0 Å². The van der Waals surface area contributed by atoms with E-state index in [1.54, 1.807) is 29.2 Å². The van der Waals surface area contributed by atoms with Gasteiger partial charge in [0.1, 0.15) is 11.6 Å². The molecule has 0 saturated carbocycles. The van der Waals surface area contributed by atoms with E-state index in [4.69, 9.17) is 9.84 Å². The quantitative estimate of drug-likeness (QED) is 0.824. The van der Waals surface area contributed by atoms with Gasteiger partial charge >= 0.3 is 12.0 Å². The van der Waals surface area contributed by atoms with Gasteiger partial charge in [-0.1, -0.05) is 12.1 Å². The third-order valence-corrected chi connectivity index (χ3v) is 4.61. The minimum atomic E-state index is -1.20. The number of anilines is 1. The SMILES string of the molecule is COc1cccc(N(Cc2ccc(C(=O)O)cc2F)C(=O)N2CCNCC2)c1. The maximum Gasteiger partial charge on any atom is 0.335 e. The normalized spacial score (nSPS) is 13.9. The van der Waals surface area contributed by atoms with Gasteiger partial charge in [-0.25, -0.2) is 14.0 Å². The van der Waals surface area contributed by atoms with Gasteiger partial charge in [-0.15, -0.1) is 0 Å². The molecule has 3 rings (SSSR count). The van der Waals surface area contributed by atoms with Gasteiger partial charge in [0.2, 0.25) is 0 Å². The zero-order valence-corrected chi connectivity index (χ0v) is 15.5. The molecule has 0 atom stereocenters. The molecule has 1 saturated heterocycles. The summed E-state index contributed by atoms with van der Waals surface area (Å²) in [6.45, 7) is 2.47. The molecule has 0 aliphatic carbocycles. The number of carbonyl (C=O) groups is 2. The van der Waals surface area contributed by atoms with Crippen LogP contribution in [0, 0.1) is 5.82 Å². The molecule has 0 aromatic heterocycles. The largest absolute Gasteiger partial charge is 0.497 e. The van der Waals surface area contributed by atoms with Crippen LogP contribution in [0.25, 0.3) is 0 Å². The standard InChI is InChI=1S/C20H22FN3O4/c1-28-17-4-2-3-16(12-17)24(20(27)23-9-7-22-8-10-23)13-15-6-5-14(19(25)26)11-18(15)21/h2-6,11-12,22H,7-10,13H2,1H3,(H,25,26). The molecule has 2 amide bonds. The Morgan fingerprint density at radius 2 is 1.96 bits per heavy atom. The van der Waals surface area contributed by atoms with Crippen molar-refractivity contribution in [3.05, 3.63) is 59.4 Å². The Morgan fingerprint density at radius 1 is 1.21 bits per heavy atom. The average molecular weight is 387 g/mol. The molecule has 0 radical (unpaired) electrons. The van der Waals surface area contributed by atoms with E-state index in [2.05, 4.69) is 5.32 Å². The first-order valence-electron chi connectivity index (χ1n) is 8.92. The molecule has 0 spiro atoms. The Morgan fingerprint density at radius 3 is 2.61 bits per heavy atom. The first-order valence-corrected chi connectivity index (χ1v) is 8.92. The fraction of sp³-hybridized carbons (Fsp3) is 0.300. The number of hydrogen-bond donors (Lipinski definition) is 2. The number of rotatable bonds is 5. The van der Waals surface area contributed by atoms with Crippen LogP contribution in [-0.2, 0) is 6.54 Å². The molecule has 1 heterocycles. The molecular weight excluding hydrogens is 365 g/mol. The van der Waals surface area contributed by atoms with E-state index in [0.29, 0.717) is 37.6 Å². The van der Waals surface area contributed by atoms with Crippen molar-refractivity contribution in [2.45, 2.75) is 6.54 Å². The number of nitrogens with one attached hydrogen (secondary N) is 1. The predicted octanol–water partition coefficient (Wildman–Crippen LogP) is 2.56. The van der Waals surface area contributed by atoms with E-state index in [-0.39, 0.29) is 23.7 Å². The molecule has 1 aliphatic heterocycles. The number of halogens is 1. The highest BCUT2D eigenvalue weighted by Gasteiger charge is 2.25. The minimum absolute atomic E-state index is 0.0261. The maximum absolute atomic E-state index is 14.5. The van der Waals surface area contributed by atoms with Crippen LogP contribution in [0.15, 0.2) is 42.5 Å². The topological polar surface area (TPSA) is 82.1 Å². The molecule has 8 heteroatoms. The van der Waals surface area contributed by atoms with Crippen LogP contribution in [-0.4, -0.2) is 55.3 Å². The highest BCUT2D eigenvalue weighted by molar-refractivity contribution is 5.92. The fourth-order valence-electron chi connectivity index (χ4n) is 3.05. The smallest absolute Gasteiger partial charge is 0.335 e. The second-order valence-electron chi connectivity index (χ2n) is 6.42. The summed E-state index contributed by atoms with van der Waals surface area (Å²) in [4.78, 5) is 27.4. The number of hydrogen-bond acceptors (Lipinski definition) is 4. The highest BCUT2D eigenvalue weighted by Crippen LogP contribution is 2.25. The molecule has 1 fully saturated rings. The number of benzene rings is 2. The summed E-state index contributed by atoms with van der Waals surface area (Å²) in [5, 5.41) is 12.2. The molecule has 2 aromatic carbocycles. The van der Waals surface area contributed by atoms with Gasteiger partial charge in [0.15, 0.2) is 0 Å². The zero-order valence-electron chi connectivity index (χ0n) is 15.5. The Hall–Kier alpha value is -3.13. The van der Waals surface area contributed by atoms with Crippen molar-refractivity contribution in [2.24, 2.45) is 0 Å². The molecule has 2 N–H and O–H groups in total. The second-order valence-corrected chi connectivity index (χ2v) is 6.42. The molecular formula is C20H22FN3O4. The Kier molecular flexibility index (Phi) is 6.10. The number of carboxylic acid groups (broad SMARTS) is 1. The highest BCUT2D eigenvalue weighted by atomic mass is 19.1. The zero-order chi connectivity index (χ0) is 20.1. The number of urea groups is 1. The van der Waals surface area contributed by atoms with Gasteiger partial charge in [-0.3, -0.25) is 4.90 Å².